The molecular formula is C16H16N2O2. The zero-order chi connectivity index (χ0) is 14.1. The van der Waals surface area contributed by atoms with Crippen molar-refractivity contribution in [3.05, 3.63) is 53.4 Å². The second kappa shape index (κ2) is 4.89. The molecule has 0 radical (unpaired) electrons. The van der Waals surface area contributed by atoms with E-state index in [1.807, 2.05) is 25.1 Å². The summed E-state index contributed by atoms with van der Waals surface area (Å²) >= 11 is 0. The van der Waals surface area contributed by atoms with Crippen molar-refractivity contribution in [2.75, 3.05) is 5.73 Å². The van der Waals surface area contributed by atoms with E-state index in [4.69, 9.17) is 14.9 Å². The van der Waals surface area contributed by atoms with Gasteiger partial charge in [0, 0.05) is 5.69 Å². The molecule has 0 aliphatic rings. The minimum atomic E-state index is 0.304. The van der Waals surface area contributed by atoms with E-state index in [-0.39, 0.29) is 0 Å². The van der Waals surface area contributed by atoms with Crippen molar-refractivity contribution in [1.29, 1.82) is 0 Å². The smallest absolute Gasteiger partial charge is 0.233 e. The lowest BCUT2D eigenvalue weighted by Crippen LogP contribution is -1.97. The van der Waals surface area contributed by atoms with Gasteiger partial charge in [-0.05, 0) is 43.7 Å². The Balaban J connectivity index is 1.79. The van der Waals surface area contributed by atoms with Gasteiger partial charge in [0.25, 0.3) is 0 Å². The lowest BCUT2D eigenvalue weighted by atomic mass is 10.1. The molecule has 1 heterocycles. The average Bonchev–Trinajstić information content (AvgIpc) is 2.79. The lowest BCUT2D eigenvalue weighted by molar-refractivity contribution is 0.265. The van der Waals surface area contributed by atoms with E-state index in [0.29, 0.717) is 18.2 Å². The average molecular weight is 268 g/mol. The van der Waals surface area contributed by atoms with Gasteiger partial charge in [-0.15, -0.1) is 0 Å². The normalized spacial score (nSPS) is 10.9. The van der Waals surface area contributed by atoms with Gasteiger partial charge in [0.1, 0.15) is 11.3 Å². The Bertz CT molecular complexity index is 762. The monoisotopic (exact) mass is 268 g/mol. The molecule has 0 bridgehead atoms. The van der Waals surface area contributed by atoms with Crippen LogP contribution in [0.3, 0.4) is 0 Å². The van der Waals surface area contributed by atoms with Crippen molar-refractivity contribution in [3.8, 4) is 5.75 Å². The second-order valence-electron chi connectivity index (χ2n) is 4.89. The van der Waals surface area contributed by atoms with Crippen LogP contribution in [0.4, 0.5) is 5.69 Å². The van der Waals surface area contributed by atoms with Crippen molar-refractivity contribution in [2.24, 2.45) is 0 Å². The maximum absolute atomic E-state index is 5.75. The van der Waals surface area contributed by atoms with Crippen LogP contribution in [0.25, 0.3) is 11.1 Å². The Morgan fingerprint density at radius 1 is 1.15 bits per heavy atom. The Kier molecular flexibility index (Phi) is 3.06. The van der Waals surface area contributed by atoms with Gasteiger partial charge in [0.2, 0.25) is 5.89 Å². The SMILES string of the molecule is Cc1ccc(OCc2nc3cc(N)ccc3o2)c(C)c1. The summed E-state index contributed by atoms with van der Waals surface area (Å²) in [5.74, 6) is 1.39. The van der Waals surface area contributed by atoms with Gasteiger partial charge in [0.15, 0.2) is 12.2 Å². The van der Waals surface area contributed by atoms with Gasteiger partial charge in [-0.1, -0.05) is 17.7 Å². The molecule has 0 saturated carbocycles. The number of nitrogens with zero attached hydrogens (tertiary/aromatic N) is 1. The Morgan fingerprint density at radius 2 is 2.00 bits per heavy atom. The number of nitrogen functional groups attached to an aromatic ring is 1. The van der Waals surface area contributed by atoms with Gasteiger partial charge in [-0.25, -0.2) is 4.98 Å². The molecule has 0 aliphatic carbocycles. The highest BCUT2D eigenvalue weighted by Crippen LogP contribution is 2.22. The van der Waals surface area contributed by atoms with Crippen molar-refractivity contribution in [2.45, 2.75) is 20.5 Å². The Morgan fingerprint density at radius 3 is 2.80 bits per heavy atom. The van der Waals surface area contributed by atoms with Crippen LogP contribution in [0, 0.1) is 13.8 Å². The van der Waals surface area contributed by atoms with Crippen LogP contribution in [-0.4, -0.2) is 4.98 Å². The van der Waals surface area contributed by atoms with Crippen molar-refractivity contribution in [3.63, 3.8) is 0 Å². The molecule has 3 rings (SSSR count). The van der Waals surface area contributed by atoms with Gasteiger partial charge in [-0.2, -0.15) is 0 Å². The first-order valence-electron chi connectivity index (χ1n) is 6.47. The number of hydrogen-bond donors (Lipinski definition) is 1. The number of benzene rings is 2. The van der Waals surface area contributed by atoms with Crippen LogP contribution >= 0.6 is 0 Å². The fraction of sp³-hybridized carbons (Fsp3) is 0.188. The van der Waals surface area contributed by atoms with Crippen molar-refractivity contribution in [1.82, 2.24) is 4.98 Å². The molecule has 0 amide bonds. The molecule has 4 nitrogen and oxygen atoms in total. The molecule has 0 aliphatic heterocycles. The maximum atomic E-state index is 5.75. The van der Waals surface area contributed by atoms with Gasteiger partial charge >= 0.3 is 0 Å². The lowest BCUT2D eigenvalue weighted by Gasteiger charge is -2.07. The third kappa shape index (κ3) is 2.45. The quantitative estimate of drug-likeness (QED) is 0.737. The first-order chi connectivity index (χ1) is 9.61. The van der Waals surface area contributed by atoms with Crippen LogP contribution in [-0.2, 0) is 6.61 Å². The summed E-state index contributed by atoms with van der Waals surface area (Å²) < 4.78 is 11.4. The highest BCUT2D eigenvalue weighted by Gasteiger charge is 2.07. The molecule has 2 N–H and O–H groups in total. The Labute approximate surface area is 117 Å². The third-order valence-corrected chi connectivity index (χ3v) is 3.14. The number of ether oxygens (including phenoxy) is 1. The summed E-state index contributed by atoms with van der Waals surface area (Å²) in [6, 6.07) is 11.5. The predicted molar refractivity (Wildman–Crippen MR) is 78.7 cm³/mol. The predicted octanol–water partition coefficient (Wildman–Crippen LogP) is 3.61. The fourth-order valence-electron chi connectivity index (χ4n) is 2.15. The number of aryl methyl sites for hydroxylation is 2. The summed E-state index contributed by atoms with van der Waals surface area (Å²) in [7, 11) is 0. The zero-order valence-electron chi connectivity index (χ0n) is 11.5. The van der Waals surface area contributed by atoms with Crippen LogP contribution in [0.1, 0.15) is 17.0 Å². The number of oxazole rings is 1. The van der Waals surface area contributed by atoms with Crippen molar-refractivity contribution < 1.29 is 9.15 Å². The van der Waals surface area contributed by atoms with E-state index in [2.05, 4.69) is 18.0 Å². The molecular weight excluding hydrogens is 252 g/mol. The molecule has 0 saturated heterocycles. The largest absolute Gasteiger partial charge is 0.484 e. The molecule has 3 aromatic rings. The summed E-state index contributed by atoms with van der Waals surface area (Å²) in [6.45, 7) is 4.38. The van der Waals surface area contributed by atoms with E-state index in [1.54, 1.807) is 12.1 Å². The molecule has 4 heteroatoms. The molecule has 0 unspecified atom stereocenters. The first-order valence-corrected chi connectivity index (χ1v) is 6.47. The molecule has 1 aromatic heterocycles. The number of anilines is 1. The summed E-state index contributed by atoms with van der Waals surface area (Å²) in [5.41, 5.74) is 10.2. The highest BCUT2D eigenvalue weighted by molar-refractivity contribution is 5.76. The summed E-state index contributed by atoms with van der Waals surface area (Å²) in [4.78, 5) is 4.36. The second-order valence-corrected chi connectivity index (χ2v) is 4.89. The van der Waals surface area contributed by atoms with Gasteiger partial charge < -0.3 is 14.9 Å². The zero-order valence-corrected chi connectivity index (χ0v) is 11.5. The van der Waals surface area contributed by atoms with Crippen LogP contribution in [0.2, 0.25) is 0 Å². The maximum Gasteiger partial charge on any atom is 0.233 e. The molecule has 0 spiro atoms. The topological polar surface area (TPSA) is 61.3 Å². The third-order valence-electron chi connectivity index (χ3n) is 3.14. The van der Waals surface area contributed by atoms with Crippen molar-refractivity contribution >= 4 is 16.8 Å². The van der Waals surface area contributed by atoms with Crippen LogP contribution in [0.5, 0.6) is 5.75 Å². The molecule has 0 fully saturated rings. The van der Waals surface area contributed by atoms with E-state index in [1.165, 1.54) is 5.56 Å². The fourth-order valence-corrected chi connectivity index (χ4v) is 2.15. The number of aromatic nitrogens is 1. The van der Waals surface area contributed by atoms with E-state index < -0.39 is 0 Å². The molecule has 20 heavy (non-hydrogen) atoms. The number of nitrogens with two attached hydrogens (primary N) is 1. The minimum absolute atomic E-state index is 0.304. The number of hydrogen-bond acceptors (Lipinski definition) is 4. The van der Waals surface area contributed by atoms with E-state index >= 15 is 0 Å². The standard InChI is InChI=1S/C16H16N2O2/c1-10-3-5-14(11(2)7-10)19-9-16-18-13-8-12(17)4-6-15(13)20-16/h3-8H,9,17H2,1-2H3. The number of rotatable bonds is 3. The summed E-state index contributed by atoms with van der Waals surface area (Å²) in [5, 5.41) is 0. The molecule has 102 valence electrons. The Hall–Kier alpha value is -2.49. The van der Waals surface area contributed by atoms with Gasteiger partial charge in [-0.3, -0.25) is 0 Å². The van der Waals surface area contributed by atoms with E-state index in [9.17, 15) is 0 Å². The van der Waals surface area contributed by atoms with Gasteiger partial charge in [0.05, 0.1) is 0 Å². The molecule has 0 atom stereocenters. The molecule has 2 aromatic carbocycles. The van der Waals surface area contributed by atoms with E-state index in [0.717, 1.165) is 22.4 Å². The highest BCUT2D eigenvalue weighted by atomic mass is 16.5. The number of fused-ring (bicyclic) bond motifs is 1. The summed E-state index contributed by atoms with van der Waals surface area (Å²) in [6.07, 6.45) is 0. The first kappa shape index (κ1) is 12.5. The van der Waals surface area contributed by atoms with Crippen LogP contribution < -0.4 is 10.5 Å². The minimum Gasteiger partial charge on any atom is -0.484 e. The van der Waals surface area contributed by atoms with Crippen LogP contribution in [0.15, 0.2) is 40.8 Å².